The number of aryl methyl sites for hydroxylation is 1. The van der Waals surface area contributed by atoms with Crippen molar-refractivity contribution in [3.8, 4) is 11.6 Å². The molecule has 0 aliphatic rings. The van der Waals surface area contributed by atoms with E-state index in [2.05, 4.69) is 4.98 Å². The molecule has 92 valence electrons. The van der Waals surface area contributed by atoms with Crippen LogP contribution in [-0.2, 0) is 0 Å². The average molecular weight is 245 g/mol. The van der Waals surface area contributed by atoms with Crippen molar-refractivity contribution in [1.29, 1.82) is 0 Å². The third kappa shape index (κ3) is 2.22. The second-order valence-corrected chi connectivity index (χ2v) is 3.67. The van der Waals surface area contributed by atoms with Gasteiger partial charge in [-0.15, -0.1) is 0 Å². The molecule has 0 unspecified atom stereocenters. The molecule has 0 saturated heterocycles. The van der Waals surface area contributed by atoms with Crippen LogP contribution in [0.25, 0.3) is 0 Å². The largest absolute Gasteiger partial charge is 0.430 e. The summed E-state index contributed by atoms with van der Waals surface area (Å²) in [6.45, 7) is 1.81. The predicted octanol–water partition coefficient (Wildman–Crippen LogP) is 2.67. The van der Waals surface area contributed by atoms with Crippen LogP contribution in [0.2, 0.25) is 0 Å². The lowest BCUT2D eigenvalue weighted by Crippen LogP contribution is -1.99. The van der Waals surface area contributed by atoms with Gasteiger partial charge in [-0.25, -0.2) is 4.98 Å². The van der Waals surface area contributed by atoms with E-state index in [1.807, 2.05) is 6.92 Å². The summed E-state index contributed by atoms with van der Waals surface area (Å²) in [4.78, 5) is 14.3. The molecule has 0 aliphatic carbocycles. The van der Waals surface area contributed by atoms with Gasteiger partial charge in [-0.1, -0.05) is 12.1 Å². The van der Waals surface area contributed by atoms with Crippen molar-refractivity contribution in [2.75, 3.05) is 5.73 Å². The van der Waals surface area contributed by atoms with E-state index in [1.54, 1.807) is 18.2 Å². The zero-order valence-corrected chi connectivity index (χ0v) is 9.66. The van der Waals surface area contributed by atoms with Crippen LogP contribution in [-0.4, -0.2) is 9.91 Å². The molecule has 0 amide bonds. The zero-order chi connectivity index (χ0) is 13.1. The first-order chi connectivity index (χ1) is 8.59. The van der Waals surface area contributed by atoms with Crippen molar-refractivity contribution in [1.82, 2.24) is 4.98 Å². The van der Waals surface area contributed by atoms with Gasteiger partial charge in [0.1, 0.15) is 0 Å². The van der Waals surface area contributed by atoms with Gasteiger partial charge in [0.05, 0.1) is 10.6 Å². The summed E-state index contributed by atoms with van der Waals surface area (Å²) in [6, 6.07) is 7.82. The molecule has 2 N–H and O–H groups in total. The molecule has 0 atom stereocenters. The summed E-state index contributed by atoms with van der Waals surface area (Å²) in [6.07, 6.45) is 1.54. The highest BCUT2D eigenvalue weighted by Crippen LogP contribution is 2.33. The number of rotatable bonds is 3. The number of nitrogens with two attached hydrogens (primary N) is 1. The van der Waals surface area contributed by atoms with E-state index in [1.165, 1.54) is 18.3 Å². The maximum absolute atomic E-state index is 10.8. The van der Waals surface area contributed by atoms with Crippen LogP contribution in [0.1, 0.15) is 5.56 Å². The Morgan fingerprint density at radius 3 is 2.78 bits per heavy atom. The molecule has 2 rings (SSSR count). The number of nitro groups is 1. The second-order valence-electron chi connectivity index (χ2n) is 3.67. The highest BCUT2D eigenvalue weighted by Gasteiger charge is 2.16. The number of benzene rings is 1. The molecule has 2 aromatic rings. The fourth-order valence-corrected chi connectivity index (χ4v) is 1.42. The molecule has 1 aromatic carbocycles. The topological polar surface area (TPSA) is 91.3 Å². The lowest BCUT2D eigenvalue weighted by Gasteiger charge is -2.08. The number of pyridine rings is 1. The van der Waals surface area contributed by atoms with Crippen LogP contribution < -0.4 is 10.5 Å². The van der Waals surface area contributed by atoms with Crippen LogP contribution >= 0.6 is 0 Å². The van der Waals surface area contributed by atoms with Crippen molar-refractivity contribution < 1.29 is 9.66 Å². The smallest absolute Gasteiger partial charge is 0.311 e. The molecule has 6 heteroatoms. The van der Waals surface area contributed by atoms with Gasteiger partial charge >= 0.3 is 5.69 Å². The molecule has 0 bridgehead atoms. The summed E-state index contributed by atoms with van der Waals surface area (Å²) in [5.41, 5.74) is 6.85. The Morgan fingerprint density at radius 2 is 2.06 bits per heavy atom. The number of aromatic nitrogens is 1. The molecule has 1 aromatic heterocycles. The van der Waals surface area contributed by atoms with Gasteiger partial charge in [0.25, 0.3) is 0 Å². The minimum absolute atomic E-state index is 0.118. The molecular weight excluding hydrogens is 234 g/mol. The minimum atomic E-state index is -0.513. The summed E-state index contributed by atoms with van der Waals surface area (Å²) < 4.78 is 5.40. The van der Waals surface area contributed by atoms with E-state index < -0.39 is 4.92 Å². The SMILES string of the molecule is Cc1ccnc(Oc2ccccc2[N+](=O)[O-])c1N. The molecule has 0 saturated carbocycles. The van der Waals surface area contributed by atoms with Crippen molar-refractivity contribution in [2.45, 2.75) is 6.92 Å². The van der Waals surface area contributed by atoms with Gasteiger partial charge in [0.15, 0.2) is 0 Å². The number of ether oxygens (including phenoxy) is 1. The third-order valence-corrected chi connectivity index (χ3v) is 2.44. The first-order valence-corrected chi connectivity index (χ1v) is 5.22. The second kappa shape index (κ2) is 4.70. The van der Waals surface area contributed by atoms with Crippen molar-refractivity contribution in [3.63, 3.8) is 0 Å². The molecule has 0 fully saturated rings. The molecule has 1 heterocycles. The Balaban J connectivity index is 2.40. The first-order valence-electron chi connectivity index (χ1n) is 5.22. The van der Waals surface area contributed by atoms with E-state index in [9.17, 15) is 10.1 Å². The summed E-state index contributed by atoms with van der Waals surface area (Å²) in [5, 5.41) is 10.8. The zero-order valence-electron chi connectivity index (χ0n) is 9.66. The number of para-hydroxylation sites is 2. The molecule has 0 aliphatic heterocycles. The number of nitrogen functional groups attached to an aromatic ring is 1. The highest BCUT2D eigenvalue weighted by atomic mass is 16.6. The van der Waals surface area contributed by atoms with Crippen molar-refractivity contribution in [3.05, 3.63) is 52.2 Å². The molecule has 18 heavy (non-hydrogen) atoms. The van der Waals surface area contributed by atoms with E-state index in [4.69, 9.17) is 10.5 Å². The molecule has 0 radical (unpaired) electrons. The Hall–Kier alpha value is -2.63. The number of nitro benzene ring substituents is 1. The van der Waals surface area contributed by atoms with Gasteiger partial charge in [-0.05, 0) is 24.6 Å². The fourth-order valence-electron chi connectivity index (χ4n) is 1.42. The Morgan fingerprint density at radius 1 is 1.33 bits per heavy atom. The maximum Gasteiger partial charge on any atom is 0.311 e. The molecule has 0 spiro atoms. The van der Waals surface area contributed by atoms with E-state index in [0.29, 0.717) is 5.69 Å². The number of nitrogens with zero attached hydrogens (tertiary/aromatic N) is 2. The predicted molar refractivity (Wildman–Crippen MR) is 66.6 cm³/mol. The van der Waals surface area contributed by atoms with E-state index in [0.717, 1.165) is 5.56 Å². The highest BCUT2D eigenvalue weighted by molar-refractivity contribution is 5.57. The first kappa shape index (κ1) is 11.8. The lowest BCUT2D eigenvalue weighted by atomic mass is 10.2. The van der Waals surface area contributed by atoms with Gasteiger partial charge < -0.3 is 10.5 Å². The quantitative estimate of drug-likeness (QED) is 0.663. The number of hydrogen-bond donors (Lipinski definition) is 1. The van der Waals surface area contributed by atoms with Gasteiger partial charge in [-0.3, -0.25) is 10.1 Å². The van der Waals surface area contributed by atoms with Crippen LogP contribution in [0, 0.1) is 17.0 Å². The van der Waals surface area contributed by atoms with Gasteiger partial charge in [0.2, 0.25) is 11.6 Å². The van der Waals surface area contributed by atoms with Crippen LogP contribution in [0.5, 0.6) is 11.6 Å². The Labute approximate surface area is 103 Å². The third-order valence-electron chi connectivity index (χ3n) is 2.44. The van der Waals surface area contributed by atoms with E-state index >= 15 is 0 Å². The normalized spacial score (nSPS) is 10.1. The lowest BCUT2D eigenvalue weighted by molar-refractivity contribution is -0.385. The summed E-state index contributed by atoms with van der Waals surface area (Å²) in [5.74, 6) is 0.289. The van der Waals surface area contributed by atoms with Gasteiger partial charge in [-0.2, -0.15) is 0 Å². The fraction of sp³-hybridized carbons (Fsp3) is 0.0833. The average Bonchev–Trinajstić information content (AvgIpc) is 2.35. The molecule has 6 nitrogen and oxygen atoms in total. The van der Waals surface area contributed by atoms with Gasteiger partial charge in [0, 0.05) is 12.3 Å². The van der Waals surface area contributed by atoms with Crippen LogP contribution in [0.15, 0.2) is 36.5 Å². The number of hydrogen-bond acceptors (Lipinski definition) is 5. The van der Waals surface area contributed by atoms with Crippen LogP contribution in [0.3, 0.4) is 0 Å². The van der Waals surface area contributed by atoms with E-state index in [-0.39, 0.29) is 17.3 Å². The minimum Gasteiger partial charge on any atom is -0.430 e. The molecular formula is C12H11N3O3. The van der Waals surface area contributed by atoms with Crippen molar-refractivity contribution >= 4 is 11.4 Å². The summed E-state index contributed by atoms with van der Waals surface area (Å²) in [7, 11) is 0. The Kier molecular flexibility index (Phi) is 3.09. The Bertz CT molecular complexity index is 599. The summed E-state index contributed by atoms with van der Waals surface area (Å²) >= 11 is 0. The van der Waals surface area contributed by atoms with Crippen LogP contribution in [0.4, 0.5) is 11.4 Å². The standard InChI is InChI=1S/C12H11N3O3/c1-8-6-7-14-12(11(8)13)18-10-5-3-2-4-9(10)15(16)17/h2-7H,13H2,1H3. The maximum atomic E-state index is 10.8. The number of anilines is 1. The monoisotopic (exact) mass is 245 g/mol. The van der Waals surface area contributed by atoms with Crippen molar-refractivity contribution in [2.24, 2.45) is 0 Å².